The molecular formula is C8H15NO3. The zero-order valence-corrected chi connectivity index (χ0v) is 7.29. The Bertz CT molecular complexity index is 154. The largest absolute Gasteiger partial charge is 0.465 e. The lowest BCUT2D eigenvalue weighted by Crippen LogP contribution is -2.39. The SMILES string of the molecule is CCOC(=O)C(N)C1CCOC1. The average Bonchev–Trinajstić information content (AvgIpc) is 2.55. The molecule has 1 heterocycles. The molecule has 70 valence electrons. The van der Waals surface area contributed by atoms with Crippen LogP contribution in [0.1, 0.15) is 13.3 Å². The molecule has 2 N–H and O–H groups in total. The lowest BCUT2D eigenvalue weighted by molar-refractivity contribution is -0.146. The first kappa shape index (κ1) is 9.48. The highest BCUT2D eigenvalue weighted by atomic mass is 16.5. The Hall–Kier alpha value is -0.610. The number of rotatable bonds is 3. The Morgan fingerprint density at radius 3 is 3.08 bits per heavy atom. The number of esters is 1. The van der Waals surface area contributed by atoms with Crippen LogP contribution in [0.4, 0.5) is 0 Å². The predicted molar refractivity (Wildman–Crippen MR) is 43.5 cm³/mol. The van der Waals surface area contributed by atoms with Gasteiger partial charge in [-0.1, -0.05) is 0 Å². The van der Waals surface area contributed by atoms with Gasteiger partial charge in [-0.25, -0.2) is 0 Å². The number of hydrogen-bond acceptors (Lipinski definition) is 4. The molecule has 2 atom stereocenters. The van der Waals surface area contributed by atoms with Crippen LogP contribution in [-0.2, 0) is 14.3 Å². The number of hydrogen-bond donors (Lipinski definition) is 1. The zero-order chi connectivity index (χ0) is 8.97. The maximum Gasteiger partial charge on any atom is 0.323 e. The van der Waals surface area contributed by atoms with Gasteiger partial charge in [0.15, 0.2) is 0 Å². The monoisotopic (exact) mass is 173 g/mol. The Morgan fingerprint density at radius 2 is 2.58 bits per heavy atom. The van der Waals surface area contributed by atoms with E-state index in [1.165, 1.54) is 0 Å². The molecule has 0 aliphatic carbocycles. The van der Waals surface area contributed by atoms with E-state index in [0.717, 1.165) is 6.42 Å². The van der Waals surface area contributed by atoms with Crippen molar-refractivity contribution >= 4 is 5.97 Å². The second kappa shape index (κ2) is 4.42. The van der Waals surface area contributed by atoms with Crippen LogP contribution in [0.15, 0.2) is 0 Å². The maximum absolute atomic E-state index is 11.1. The molecule has 0 spiro atoms. The Balaban J connectivity index is 2.34. The molecule has 0 bridgehead atoms. The van der Waals surface area contributed by atoms with Crippen LogP contribution in [0.25, 0.3) is 0 Å². The van der Waals surface area contributed by atoms with Crippen molar-refractivity contribution in [3.63, 3.8) is 0 Å². The standard InChI is InChI=1S/C8H15NO3/c1-2-12-8(10)7(9)6-3-4-11-5-6/h6-7H,2-5,9H2,1H3. The average molecular weight is 173 g/mol. The molecule has 1 aliphatic rings. The van der Waals surface area contributed by atoms with Crippen molar-refractivity contribution in [3.05, 3.63) is 0 Å². The van der Waals surface area contributed by atoms with Crippen LogP contribution >= 0.6 is 0 Å². The van der Waals surface area contributed by atoms with Crippen molar-refractivity contribution in [2.75, 3.05) is 19.8 Å². The van der Waals surface area contributed by atoms with Crippen LogP contribution in [0.5, 0.6) is 0 Å². The maximum atomic E-state index is 11.1. The van der Waals surface area contributed by atoms with Gasteiger partial charge in [-0.05, 0) is 13.3 Å². The number of carbonyl (C=O) groups is 1. The van der Waals surface area contributed by atoms with Gasteiger partial charge in [0.25, 0.3) is 0 Å². The van der Waals surface area contributed by atoms with Crippen molar-refractivity contribution in [1.29, 1.82) is 0 Å². The van der Waals surface area contributed by atoms with E-state index in [9.17, 15) is 4.79 Å². The predicted octanol–water partition coefficient (Wildman–Crippen LogP) is -0.0867. The summed E-state index contributed by atoms with van der Waals surface area (Å²) in [5.74, 6) is -0.169. The lowest BCUT2D eigenvalue weighted by Gasteiger charge is -2.15. The van der Waals surface area contributed by atoms with Gasteiger partial charge < -0.3 is 15.2 Å². The first-order valence-electron chi connectivity index (χ1n) is 4.25. The van der Waals surface area contributed by atoms with Crippen molar-refractivity contribution in [1.82, 2.24) is 0 Å². The van der Waals surface area contributed by atoms with Gasteiger partial charge in [-0.15, -0.1) is 0 Å². The fraction of sp³-hybridized carbons (Fsp3) is 0.875. The summed E-state index contributed by atoms with van der Waals surface area (Å²) in [4.78, 5) is 11.1. The van der Waals surface area contributed by atoms with Crippen molar-refractivity contribution in [3.8, 4) is 0 Å². The summed E-state index contributed by atoms with van der Waals surface area (Å²) in [5, 5.41) is 0. The van der Waals surface area contributed by atoms with E-state index in [1.54, 1.807) is 6.92 Å². The molecule has 0 amide bonds. The smallest absolute Gasteiger partial charge is 0.323 e. The Morgan fingerprint density at radius 1 is 1.83 bits per heavy atom. The first-order valence-corrected chi connectivity index (χ1v) is 4.25. The fourth-order valence-electron chi connectivity index (χ4n) is 1.27. The molecule has 12 heavy (non-hydrogen) atoms. The number of carbonyl (C=O) groups excluding carboxylic acids is 1. The number of ether oxygens (including phenoxy) is 2. The van der Waals surface area contributed by atoms with E-state index in [1.807, 2.05) is 0 Å². The minimum atomic E-state index is -0.507. The second-order valence-electron chi connectivity index (χ2n) is 2.90. The van der Waals surface area contributed by atoms with Gasteiger partial charge in [0.05, 0.1) is 13.2 Å². The fourth-order valence-corrected chi connectivity index (χ4v) is 1.27. The van der Waals surface area contributed by atoms with Crippen molar-refractivity contribution in [2.45, 2.75) is 19.4 Å². The minimum Gasteiger partial charge on any atom is -0.465 e. The molecule has 0 aromatic carbocycles. The number of nitrogens with two attached hydrogens (primary N) is 1. The molecule has 1 saturated heterocycles. The molecule has 0 radical (unpaired) electrons. The molecule has 0 aromatic rings. The lowest BCUT2D eigenvalue weighted by atomic mass is 10.0. The molecule has 0 aromatic heterocycles. The summed E-state index contributed by atoms with van der Waals surface area (Å²) in [7, 11) is 0. The first-order chi connectivity index (χ1) is 5.75. The van der Waals surface area contributed by atoms with E-state index in [2.05, 4.69) is 0 Å². The molecule has 1 rings (SSSR count). The van der Waals surface area contributed by atoms with Gasteiger partial charge in [0, 0.05) is 12.5 Å². The zero-order valence-electron chi connectivity index (χ0n) is 7.29. The molecule has 1 aliphatic heterocycles. The summed E-state index contributed by atoms with van der Waals surface area (Å²) < 4.78 is 9.92. The second-order valence-corrected chi connectivity index (χ2v) is 2.90. The van der Waals surface area contributed by atoms with Gasteiger partial charge in [0.2, 0.25) is 0 Å². The third kappa shape index (κ3) is 2.19. The van der Waals surface area contributed by atoms with Gasteiger partial charge in [-0.2, -0.15) is 0 Å². The highest BCUT2D eigenvalue weighted by Gasteiger charge is 2.28. The Kier molecular flexibility index (Phi) is 3.49. The minimum absolute atomic E-state index is 0.143. The third-order valence-corrected chi connectivity index (χ3v) is 2.03. The molecule has 1 fully saturated rings. The molecule has 4 nitrogen and oxygen atoms in total. The summed E-state index contributed by atoms with van der Waals surface area (Å²) in [5.41, 5.74) is 5.65. The molecule has 0 saturated carbocycles. The molecule has 4 heteroatoms. The highest BCUT2D eigenvalue weighted by Crippen LogP contribution is 2.15. The van der Waals surface area contributed by atoms with E-state index in [0.29, 0.717) is 19.8 Å². The van der Waals surface area contributed by atoms with E-state index in [-0.39, 0.29) is 11.9 Å². The van der Waals surface area contributed by atoms with Gasteiger partial charge >= 0.3 is 5.97 Å². The van der Waals surface area contributed by atoms with Crippen LogP contribution in [-0.4, -0.2) is 31.8 Å². The Labute approximate surface area is 72.0 Å². The van der Waals surface area contributed by atoms with Crippen molar-refractivity contribution < 1.29 is 14.3 Å². The van der Waals surface area contributed by atoms with Crippen LogP contribution in [0.2, 0.25) is 0 Å². The van der Waals surface area contributed by atoms with E-state index >= 15 is 0 Å². The highest BCUT2D eigenvalue weighted by molar-refractivity contribution is 5.75. The van der Waals surface area contributed by atoms with Crippen LogP contribution in [0.3, 0.4) is 0 Å². The van der Waals surface area contributed by atoms with E-state index in [4.69, 9.17) is 15.2 Å². The summed E-state index contributed by atoms with van der Waals surface area (Å²) in [6.45, 7) is 3.45. The topological polar surface area (TPSA) is 61.5 Å². The quantitative estimate of drug-likeness (QED) is 0.606. The summed E-state index contributed by atoms with van der Waals surface area (Å²) in [6, 6.07) is -0.507. The van der Waals surface area contributed by atoms with Gasteiger partial charge in [-0.3, -0.25) is 4.79 Å². The van der Waals surface area contributed by atoms with Crippen LogP contribution in [0, 0.1) is 5.92 Å². The molecule has 2 unspecified atom stereocenters. The molecular weight excluding hydrogens is 158 g/mol. The van der Waals surface area contributed by atoms with Gasteiger partial charge in [0.1, 0.15) is 6.04 Å². The van der Waals surface area contributed by atoms with E-state index < -0.39 is 6.04 Å². The normalized spacial score (nSPS) is 25.3. The summed E-state index contributed by atoms with van der Waals surface area (Å²) in [6.07, 6.45) is 0.861. The van der Waals surface area contributed by atoms with Crippen LogP contribution < -0.4 is 5.73 Å². The van der Waals surface area contributed by atoms with Crippen molar-refractivity contribution in [2.24, 2.45) is 11.7 Å². The third-order valence-electron chi connectivity index (χ3n) is 2.03. The summed E-state index contributed by atoms with van der Waals surface area (Å²) >= 11 is 0.